The molecule has 0 spiro atoms. The van der Waals surface area contributed by atoms with E-state index in [0.29, 0.717) is 0 Å². The molecule has 0 aliphatic carbocycles. The predicted octanol–water partition coefficient (Wildman–Crippen LogP) is 1.65. The second-order valence-electron chi connectivity index (χ2n) is 4.36. The molecule has 98 valence electrons. The van der Waals surface area contributed by atoms with Gasteiger partial charge in [-0.3, -0.25) is 9.36 Å². The van der Waals surface area contributed by atoms with Gasteiger partial charge >= 0.3 is 0 Å². The van der Waals surface area contributed by atoms with Crippen LogP contribution in [0.2, 0.25) is 0 Å². The first-order valence-corrected chi connectivity index (χ1v) is 6.56. The molecule has 0 aliphatic heterocycles. The fraction of sp³-hybridized carbons (Fsp3) is 0.538. The molecule has 0 radical (unpaired) electrons. The number of nitrogens with one attached hydrogen (secondary N) is 1. The molecule has 2 heterocycles. The highest BCUT2D eigenvalue weighted by atomic mass is 15.3. The Hall–Kier alpha value is -1.62. The first-order chi connectivity index (χ1) is 8.83. The van der Waals surface area contributed by atoms with Gasteiger partial charge in [-0.15, -0.1) is 0 Å². The van der Waals surface area contributed by atoms with Gasteiger partial charge in [-0.1, -0.05) is 6.92 Å². The van der Waals surface area contributed by atoms with Gasteiger partial charge in [0.2, 0.25) is 0 Å². The molecule has 2 aromatic rings. The Morgan fingerprint density at radius 1 is 1.28 bits per heavy atom. The molecule has 5 nitrogen and oxygen atoms in total. The molecule has 1 N–H and O–H groups in total. The molecule has 0 atom stereocenters. The molecule has 0 unspecified atom stereocenters. The number of aromatic nitrogens is 4. The summed E-state index contributed by atoms with van der Waals surface area (Å²) in [6, 6.07) is 2.06. The van der Waals surface area contributed by atoms with Crippen molar-refractivity contribution >= 4 is 0 Å². The van der Waals surface area contributed by atoms with Crippen LogP contribution < -0.4 is 5.32 Å². The standard InChI is InChI=1S/C13H21N5/c1-3-6-14-9-13-5-7-15-18(13)11-12-8-16-17(4-2)10-12/h5,7-8,10,14H,3-4,6,9,11H2,1-2H3. The molecule has 18 heavy (non-hydrogen) atoms. The van der Waals surface area contributed by atoms with Crippen LogP contribution in [0.5, 0.6) is 0 Å². The molecule has 2 aromatic heterocycles. The second kappa shape index (κ2) is 6.35. The molecule has 0 saturated heterocycles. The average molecular weight is 247 g/mol. The summed E-state index contributed by atoms with van der Waals surface area (Å²) in [5.41, 5.74) is 2.41. The maximum Gasteiger partial charge on any atom is 0.0693 e. The van der Waals surface area contributed by atoms with Crippen LogP contribution in [0, 0.1) is 0 Å². The molecule has 0 bridgehead atoms. The molecule has 0 aromatic carbocycles. The van der Waals surface area contributed by atoms with Crippen molar-refractivity contribution in [3.63, 3.8) is 0 Å². The Balaban J connectivity index is 1.98. The zero-order chi connectivity index (χ0) is 12.8. The lowest BCUT2D eigenvalue weighted by molar-refractivity contribution is 0.591. The molecule has 5 heteroatoms. The maximum absolute atomic E-state index is 4.36. The lowest BCUT2D eigenvalue weighted by atomic mass is 10.3. The van der Waals surface area contributed by atoms with Gasteiger partial charge < -0.3 is 5.32 Å². The van der Waals surface area contributed by atoms with Crippen molar-refractivity contribution in [1.29, 1.82) is 0 Å². The number of rotatable bonds is 7. The Bertz CT molecular complexity index is 471. The Labute approximate surface area is 108 Å². The minimum Gasteiger partial charge on any atom is -0.311 e. The van der Waals surface area contributed by atoms with Crippen molar-refractivity contribution in [3.8, 4) is 0 Å². The summed E-state index contributed by atoms with van der Waals surface area (Å²) >= 11 is 0. The van der Waals surface area contributed by atoms with Crippen LogP contribution in [0.25, 0.3) is 0 Å². The first-order valence-electron chi connectivity index (χ1n) is 6.56. The van der Waals surface area contributed by atoms with Crippen molar-refractivity contribution in [2.45, 2.75) is 39.9 Å². The summed E-state index contributed by atoms with van der Waals surface area (Å²) in [5.74, 6) is 0. The molecular weight excluding hydrogens is 226 g/mol. The zero-order valence-corrected chi connectivity index (χ0v) is 11.1. The van der Waals surface area contributed by atoms with E-state index in [-0.39, 0.29) is 0 Å². The molecule has 0 amide bonds. The van der Waals surface area contributed by atoms with E-state index in [1.165, 1.54) is 11.3 Å². The molecule has 0 saturated carbocycles. The van der Waals surface area contributed by atoms with Crippen molar-refractivity contribution in [1.82, 2.24) is 24.9 Å². The van der Waals surface area contributed by atoms with Crippen molar-refractivity contribution < 1.29 is 0 Å². The Morgan fingerprint density at radius 2 is 2.17 bits per heavy atom. The van der Waals surface area contributed by atoms with E-state index >= 15 is 0 Å². The number of aryl methyl sites for hydroxylation is 1. The van der Waals surface area contributed by atoms with E-state index in [1.54, 1.807) is 0 Å². The summed E-state index contributed by atoms with van der Waals surface area (Å²) in [5, 5.41) is 12.0. The van der Waals surface area contributed by atoms with Crippen LogP contribution in [-0.2, 0) is 19.6 Å². The third-order valence-corrected chi connectivity index (χ3v) is 2.88. The quantitative estimate of drug-likeness (QED) is 0.757. The van der Waals surface area contributed by atoms with Crippen LogP contribution >= 0.6 is 0 Å². The fourth-order valence-electron chi connectivity index (χ4n) is 1.88. The highest BCUT2D eigenvalue weighted by Crippen LogP contribution is 2.05. The van der Waals surface area contributed by atoms with E-state index in [0.717, 1.165) is 32.6 Å². The monoisotopic (exact) mass is 247 g/mol. The smallest absolute Gasteiger partial charge is 0.0693 e. The van der Waals surface area contributed by atoms with Gasteiger partial charge in [0.15, 0.2) is 0 Å². The summed E-state index contributed by atoms with van der Waals surface area (Å²) in [6.07, 6.45) is 6.99. The normalized spacial score (nSPS) is 11.0. The fourth-order valence-corrected chi connectivity index (χ4v) is 1.88. The predicted molar refractivity (Wildman–Crippen MR) is 71.2 cm³/mol. The molecule has 2 rings (SSSR count). The van der Waals surface area contributed by atoms with Gasteiger partial charge in [-0.05, 0) is 26.0 Å². The number of nitrogens with zero attached hydrogens (tertiary/aromatic N) is 4. The van der Waals surface area contributed by atoms with Crippen LogP contribution in [0.3, 0.4) is 0 Å². The van der Waals surface area contributed by atoms with Crippen molar-refractivity contribution in [2.24, 2.45) is 0 Å². The van der Waals surface area contributed by atoms with Crippen LogP contribution in [0.4, 0.5) is 0 Å². The van der Waals surface area contributed by atoms with E-state index in [1.807, 2.05) is 21.8 Å². The lowest BCUT2D eigenvalue weighted by Gasteiger charge is -2.07. The van der Waals surface area contributed by atoms with Crippen LogP contribution in [-0.4, -0.2) is 26.1 Å². The number of hydrogen-bond donors (Lipinski definition) is 1. The SMILES string of the molecule is CCCNCc1ccnn1Cc1cnn(CC)c1. The Kier molecular flexibility index (Phi) is 4.52. The van der Waals surface area contributed by atoms with E-state index in [4.69, 9.17) is 0 Å². The van der Waals surface area contributed by atoms with Crippen LogP contribution in [0.15, 0.2) is 24.7 Å². The van der Waals surface area contributed by atoms with Crippen molar-refractivity contribution in [3.05, 3.63) is 35.9 Å². The molecule has 0 aliphatic rings. The minimum absolute atomic E-state index is 0.788. The summed E-state index contributed by atoms with van der Waals surface area (Å²) in [4.78, 5) is 0. The van der Waals surface area contributed by atoms with Gasteiger partial charge in [-0.2, -0.15) is 10.2 Å². The van der Waals surface area contributed by atoms with E-state index in [9.17, 15) is 0 Å². The zero-order valence-electron chi connectivity index (χ0n) is 11.1. The van der Waals surface area contributed by atoms with Gasteiger partial charge in [0.1, 0.15) is 0 Å². The summed E-state index contributed by atoms with van der Waals surface area (Å²) in [6.45, 7) is 7.86. The molecule has 0 fully saturated rings. The minimum atomic E-state index is 0.788. The van der Waals surface area contributed by atoms with Crippen molar-refractivity contribution in [2.75, 3.05) is 6.54 Å². The third-order valence-electron chi connectivity index (χ3n) is 2.88. The molecular formula is C13H21N5. The van der Waals surface area contributed by atoms with Gasteiger partial charge in [0, 0.05) is 31.0 Å². The second-order valence-corrected chi connectivity index (χ2v) is 4.36. The van der Waals surface area contributed by atoms with Gasteiger partial charge in [-0.25, -0.2) is 0 Å². The first kappa shape index (κ1) is 12.8. The topological polar surface area (TPSA) is 47.7 Å². The number of hydrogen-bond acceptors (Lipinski definition) is 3. The van der Waals surface area contributed by atoms with Gasteiger partial charge in [0.25, 0.3) is 0 Å². The highest BCUT2D eigenvalue weighted by molar-refractivity contribution is 5.08. The van der Waals surface area contributed by atoms with E-state index in [2.05, 4.69) is 41.6 Å². The summed E-state index contributed by atoms with van der Waals surface area (Å²) in [7, 11) is 0. The third kappa shape index (κ3) is 3.20. The van der Waals surface area contributed by atoms with Gasteiger partial charge in [0.05, 0.1) is 18.4 Å². The van der Waals surface area contributed by atoms with Crippen LogP contribution in [0.1, 0.15) is 31.5 Å². The average Bonchev–Trinajstić information content (AvgIpc) is 3.00. The Morgan fingerprint density at radius 3 is 2.89 bits per heavy atom. The largest absolute Gasteiger partial charge is 0.311 e. The summed E-state index contributed by atoms with van der Waals surface area (Å²) < 4.78 is 3.97. The lowest BCUT2D eigenvalue weighted by Crippen LogP contribution is -2.17. The maximum atomic E-state index is 4.36. The van der Waals surface area contributed by atoms with E-state index < -0.39 is 0 Å². The highest BCUT2D eigenvalue weighted by Gasteiger charge is 2.04.